The number of rotatable bonds is 5. The van der Waals surface area contributed by atoms with E-state index < -0.39 is 5.82 Å². The van der Waals surface area contributed by atoms with Gasteiger partial charge in [0.25, 0.3) is 0 Å². The molecular weight excluding hydrogens is 187 g/mol. The van der Waals surface area contributed by atoms with Crippen LogP contribution in [0.4, 0.5) is 10.1 Å². The number of nitrogens with one attached hydrogen (secondary N) is 1. The van der Waals surface area contributed by atoms with Gasteiger partial charge in [-0.25, -0.2) is 4.39 Å². The van der Waals surface area contributed by atoms with Gasteiger partial charge in [-0.3, -0.25) is 5.84 Å². The van der Waals surface area contributed by atoms with Crippen LogP contribution in [0.25, 0.3) is 0 Å². The SMILES string of the molecule is COCCOc1ccc(NN)cc1F. The molecule has 1 aromatic rings. The molecule has 0 aliphatic carbocycles. The summed E-state index contributed by atoms with van der Waals surface area (Å²) in [5.74, 6) is 4.86. The van der Waals surface area contributed by atoms with Gasteiger partial charge in [-0.15, -0.1) is 0 Å². The highest BCUT2D eigenvalue weighted by Gasteiger charge is 2.03. The number of hydrogen-bond acceptors (Lipinski definition) is 4. The van der Waals surface area contributed by atoms with Crippen LogP contribution in [0.1, 0.15) is 0 Å². The van der Waals surface area contributed by atoms with E-state index in [0.29, 0.717) is 18.9 Å². The summed E-state index contributed by atoms with van der Waals surface area (Å²) in [7, 11) is 1.56. The summed E-state index contributed by atoms with van der Waals surface area (Å²) < 4.78 is 23.1. The summed E-state index contributed by atoms with van der Waals surface area (Å²) >= 11 is 0. The second-order valence-corrected chi connectivity index (χ2v) is 2.63. The molecule has 78 valence electrons. The zero-order chi connectivity index (χ0) is 10.4. The predicted octanol–water partition coefficient (Wildman–Crippen LogP) is 1.14. The van der Waals surface area contributed by atoms with Crippen molar-refractivity contribution < 1.29 is 13.9 Å². The highest BCUT2D eigenvalue weighted by atomic mass is 19.1. The van der Waals surface area contributed by atoms with Crippen molar-refractivity contribution in [3.05, 3.63) is 24.0 Å². The third kappa shape index (κ3) is 2.86. The Labute approximate surface area is 81.8 Å². The van der Waals surface area contributed by atoms with Crippen molar-refractivity contribution in [2.75, 3.05) is 25.7 Å². The van der Waals surface area contributed by atoms with Gasteiger partial charge in [-0.1, -0.05) is 0 Å². The fourth-order valence-electron chi connectivity index (χ4n) is 0.943. The Balaban J connectivity index is 2.59. The topological polar surface area (TPSA) is 56.5 Å². The van der Waals surface area contributed by atoms with Crippen LogP contribution in [-0.4, -0.2) is 20.3 Å². The molecule has 0 saturated heterocycles. The van der Waals surface area contributed by atoms with E-state index in [1.54, 1.807) is 13.2 Å². The highest BCUT2D eigenvalue weighted by molar-refractivity contribution is 5.46. The Hall–Kier alpha value is -1.33. The number of hydrazine groups is 1. The highest BCUT2D eigenvalue weighted by Crippen LogP contribution is 2.20. The first-order valence-corrected chi connectivity index (χ1v) is 4.16. The van der Waals surface area contributed by atoms with Crippen molar-refractivity contribution in [3.63, 3.8) is 0 Å². The summed E-state index contributed by atoms with van der Waals surface area (Å²) in [6, 6.07) is 4.41. The van der Waals surface area contributed by atoms with Crippen molar-refractivity contribution in [2.24, 2.45) is 5.84 Å². The van der Waals surface area contributed by atoms with Gasteiger partial charge in [0.1, 0.15) is 6.61 Å². The van der Waals surface area contributed by atoms with Crippen LogP contribution in [0.3, 0.4) is 0 Å². The summed E-state index contributed by atoms with van der Waals surface area (Å²) in [5, 5.41) is 0. The standard InChI is InChI=1S/C9H13FN2O2/c1-13-4-5-14-9-3-2-7(12-11)6-8(9)10/h2-3,6,12H,4-5,11H2,1H3. The van der Waals surface area contributed by atoms with E-state index in [-0.39, 0.29) is 5.75 Å². The maximum Gasteiger partial charge on any atom is 0.167 e. The number of hydrogen-bond donors (Lipinski definition) is 2. The maximum absolute atomic E-state index is 13.2. The molecule has 5 heteroatoms. The van der Waals surface area contributed by atoms with Gasteiger partial charge < -0.3 is 14.9 Å². The number of methoxy groups -OCH3 is 1. The van der Waals surface area contributed by atoms with Gasteiger partial charge in [-0.2, -0.15) is 0 Å². The average molecular weight is 200 g/mol. The molecule has 0 bridgehead atoms. The summed E-state index contributed by atoms with van der Waals surface area (Å²) in [6.45, 7) is 0.749. The van der Waals surface area contributed by atoms with Crippen LogP contribution >= 0.6 is 0 Å². The zero-order valence-electron chi connectivity index (χ0n) is 7.92. The predicted molar refractivity (Wildman–Crippen MR) is 51.6 cm³/mol. The summed E-state index contributed by atoms with van der Waals surface area (Å²) in [6.07, 6.45) is 0. The molecule has 1 aromatic carbocycles. The molecule has 0 aliphatic rings. The van der Waals surface area contributed by atoms with Crippen molar-refractivity contribution in [2.45, 2.75) is 0 Å². The van der Waals surface area contributed by atoms with E-state index in [1.807, 2.05) is 0 Å². The minimum absolute atomic E-state index is 0.195. The minimum atomic E-state index is -0.448. The molecule has 0 fully saturated rings. The van der Waals surface area contributed by atoms with E-state index in [1.165, 1.54) is 12.1 Å². The second kappa shape index (κ2) is 5.41. The van der Waals surface area contributed by atoms with Crippen molar-refractivity contribution in [1.82, 2.24) is 0 Å². The number of nitrogens with two attached hydrogens (primary N) is 1. The lowest BCUT2D eigenvalue weighted by molar-refractivity contribution is 0.144. The first kappa shape index (κ1) is 10.7. The van der Waals surface area contributed by atoms with Gasteiger partial charge in [0.2, 0.25) is 0 Å². The Morgan fingerprint density at radius 3 is 2.79 bits per heavy atom. The molecule has 14 heavy (non-hydrogen) atoms. The van der Waals surface area contributed by atoms with Gasteiger partial charge >= 0.3 is 0 Å². The molecule has 0 atom stereocenters. The van der Waals surface area contributed by atoms with E-state index >= 15 is 0 Å². The molecule has 1 rings (SSSR count). The second-order valence-electron chi connectivity index (χ2n) is 2.63. The largest absolute Gasteiger partial charge is 0.488 e. The molecule has 0 radical (unpaired) electrons. The van der Waals surface area contributed by atoms with Gasteiger partial charge in [0.05, 0.1) is 12.3 Å². The van der Waals surface area contributed by atoms with Gasteiger partial charge in [-0.05, 0) is 12.1 Å². The number of anilines is 1. The van der Waals surface area contributed by atoms with Crippen LogP contribution in [-0.2, 0) is 4.74 Å². The number of halogens is 1. The van der Waals surface area contributed by atoms with E-state index in [9.17, 15) is 4.39 Å². The Bertz CT molecular complexity index is 294. The quantitative estimate of drug-likeness (QED) is 0.425. The fourth-order valence-corrected chi connectivity index (χ4v) is 0.943. The smallest absolute Gasteiger partial charge is 0.167 e. The van der Waals surface area contributed by atoms with Crippen LogP contribution in [0.15, 0.2) is 18.2 Å². The van der Waals surface area contributed by atoms with Gasteiger partial charge in [0.15, 0.2) is 11.6 Å². The van der Waals surface area contributed by atoms with E-state index in [4.69, 9.17) is 15.3 Å². The number of ether oxygens (including phenoxy) is 2. The summed E-state index contributed by atoms with van der Waals surface area (Å²) in [5.41, 5.74) is 2.84. The summed E-state index contributed by atoms with van der Waals surface area (Å²) in [4.78, 5) is 0. The van der Waals surface area contributed by atoms with E-state index in [0.717, 1.165) is 0 Å². The van der Waals surface area contributed by atoms with Crippen LogP contribution < -0.4 is 16.0 Å². The monoisotopic (exact) mass is 200 g/mol. The first-order valence-electron chi connectivity index (χ1n) is 4.16. The molecule has 4 nitrogen and oxygen atoms in total. The maximum atomic E-state index is 13.2. The van der Waals surface area contributed by atoms with Crippen molar-refractivity contribution in [1.29, 1.82) is 0 Å². The number of benzene rings is 1. The van der Waals surface area contributed by atoms with Crippen LogP contribution in [0.5, 0.6) is 5.75 Å². The molecule has 0 amide bonds. The lowest BCUT2D eigenvalue weighted by atomic mass is 10.3. The molecule has 0 aromatic heterocycles. The molecule has 0 saturated carbocycles. The third-order valence-corrected chi connectivity index (χ3v) is 1.64. The van der Waals surface area contributed by atoms with Crippen molar-refractivity contribution >= 4 is 5.69 Å². The Kier molecular flexibility index (Phi) is 4.15. The fraction of sp³-hybridized carbons (Fsp3) is 0.333. The van der Waals surface area contributed by atoms with Crippen molar-refractivity contribution in [3.8, 4) is 5.75 Å². The number of nitrogen functional groups attached to an aromatic ring is 1. The zero-order valence-corrected chi connectivity index (χ0v) is 7.92. The minimum Gasteiger partial charge on any atom is -0.488 e. The molecule has 3 N–H and O–H groups in total. The average Bonchev–Trinajstić information content (AvgIpc) is 2.20. The molecule has 0 unspecified atom stereocenters. The first-order chi connectivity index (χ1) is 6.77. The normalized spacial score (nSPS) is 9.93. The third-order valence-electron chi connectivity index (χ3n) is 1.64. The lowest BCUT2D eigenvalue weighted by Crippen LogP contribution is -2.08. The molecule has 0 spiro atoms. The Morgan fingerprint density at radius 1 is 1.43 bits per heavy atom. The molecule has 0 aliphatic heterocycles. The molecular formula is C9H13FN2O2. The van der Waals surface area contributed by atoms with Crippen LogP contribution in [0.2, 0.25) is 0 Å². The Morgan fingerprint density at radius 2 is 2.21 bits per heavy atom. The lowest BCUT2D eigenvalue weighted by Gasteiger charge is -2.07. The van der Waals surface area contributed by atoms with E-state index in [2.05, 4.69) is 5.43 Å². The molecule has 0 heterocycles. The van der Waals surface area contributed by atoms with Crippen LogP contribution in [0, 0.1) is 5.82 Å². The van der Waals surface area contributed by atoms with Gasteiger partial charge in [0, 0.05) is 13.2 Å².